The molecule has 0 bridgehead atoms. The molecule has 2 aliphatic rings. The van der Waals surface area contributed by atoms with Crippen molar-refractivity contribution < 1.29 is 14.3 Å². The lowest BCUT2D eigenvalue weighted by molar-refractivity contribution is -0.138. The fourth-order valence-corrected chi connectivity index (χ4v) is 6.08. The van der Waals surface area contributed by atoms with Crippen LogP contribution in [0.1, 0.15) is 52.7 Å². The van der Waals surface area contributed by atoms with Crippen LogP contribution in [-0.4, -0.2) is 20.6 Å². The monoisotopic (exact) mass is 523 g/mol. The van der Waals surface area contributed by atoms with E-state index in [-0.39, 0.29) is 29.3 Å². The molecule has 7 heteroatoms. The SMILES string of the molecule is Cc1cc(-c2ccn(C)c(=O)c2)cc(C)c1-c1ccc(F)c2c1CC[C@H]2Nc1ccc([C@H]2C[C@@H]2C(=O)O)nc1. The van der Waals surface area contributed by atoms with Crippen molar-refractivity contribution in [3.8, 4) is 22.3 Å². The number of fused-ring (bicyclic) bond motifs is 1. The van der Waals surface area contributed by atoms with Crippen molar-refractivity contribution in [3.63, 3.8) is 0 Å². The maximum absolute atomic E-state index is 15.3. The molecule has 3 atom stereocenters. The van der Waals surface area contributed by atoms with Gasteiger partial charge < -0.3 is 15.0 Å². The fraction of sp³-hybridized carbons (Fsp3) is 0.281. The van der Waals surface area contributed by atoms with Crippen molar-refractivity contribution in [2.45, 2.75) is 45.1 Å². The average molecular weight is 524 g/mol. The first-order chi connectivity index (χ1) is 18.7. The third-order valence-electron chi connectivity index (χ3n) is 8.19. The van der Waals surface area contributed by atoms with Crippen LogP contribution in [0.5, 0.6) is 0 Å². The standard InChI is InChI=1S/C32H30FN3O3/c1-17-12-20(19-10-11-36(3)29(37)14-19)13-18(2)30(17)22-5-7-26(33)31-23(22)6-9-28(31)35-21-4-8-27(34-16-21)24-15-25(24)32(38)39/h4-5,7-8,10-14,16,24-25,28,35H,6,9,15H2,1-3H3,(H,38,39)/t24-,25-,28+/m0/s1. The molecule has 2 N–H and O–H groups in total. The molecular weight excluding hydrogens is 493 g/mol. The molecule has 2 heterocycles. The maximum atomic E-state index is 15.3. The van der Waals surface area contributed by atoms with Crippen LogP contribution < -0.4 is 10.9 Å². The second kappa shape index (κ2) is 9.49. The number of nitrogens with one attached hydrogen (secondary N) is 1. The molecule has 2 aromatic carbocycles. The number of carboxylic acid groups (broad SMARTS) is 1. The number of aromatic nitrogens is 2. The highest BCUT2D eigenvalue weighted by molar-refractivity contribution is 5.80. The number of aliphatic carboxylic acids is 1. The molecule has 6 rings (SSSR count). The van der Waals surface area contributed by atoms with Gasteiger partial charge in [-0.2, -0.15) is 0 Å². The minimum absolute atomic E-state index is 0.0196. The van der Waals surface area contributed by atoms with Crippen molar-refractivity contribution >= 4 is 11.7 Å². The molecule has 4 aromatic rings. The number of carbonyl (C=O) groups is 1. The number of pyridine rings is 2. The van der Waals surface area contributed by atoms with Crippen LogP contribution in [0.4, 0.5) is 10.1 Å². The van der Waals surface area contributed by atoms with Crippen molar-refractivity contribution in [2.24, 2.45) is 13.0 Å². The van der Waals surface area contributed by atoms with Gasteiger partial charge >= 0.3 is 5.97 Å². The first-order valence-corrected chi connectivity index (χ1v) is 13.3. The zero-order chi connectivity index (χ0) is 27.4. The summed E-state index contributed by atoms with van der Waals surface area (Å²) in [7, 11) is 1.74. The van der Waals surface area contributed by atoms with Crippen molar-refractivity contribution in [2.75, 3.05) is 5.32 Å². The van der Waals surface area contributed by atoms with Gasteiger partial charge in [0, 0.05) is 36.5 Å². The largest absolute Gasteiger partial charge is 0.481 e. The van der Waals surface area contributed by atoms with E-state index in [0.29, 0.717) is 12.0 Å². The van der Waals surface area contributed by atoms with E-state index in [1.807, 2.05) is 24.3 Å². The second-order valence-corrected chi connectivity index (χ2v) is 10.8. The Bertz CT molecular complexity index is 1650. The van der Waals surface area contributed by atoms with E-state index in [0.717, 1.165) is 63.2 Å². The Morgan fingerprint density at radius 1 is 1.08 bits per heavy atom. The molecule has 2 aliphatic carbocycles. The van der Waals surface area contributed by atoms with Gasteiger partial charge in [-0.25, -0.2) is 4.39 Å². The van der Waals surface area contributed by atoms with Gasteiger partial charge in [0.25, 0.3) is 5.56 Å². The summed E-state index contributed by atoms with van der Waals surface area (Å²) in [5.41, 5.74) is 9.41. The quantitative estimate of drug-likeness (QED) is 0.316. The number of aryl methyl sites for hydroxylation is 3. The normalized spacial score (nSPS) is 19.5. The zero-order valence-corrected chi connectivity index (χ0v) is 22.2. The van der Waals surface area contributed by atoms with Crippen LogP contribution in [0.25, 0.3) is 22.3 Å². The Labute approximate surface area is 226 Å². The lowest BCUT2D eigenvalue weighted by Gasteiger charge is -2.19. The number of halogens is 1. The van der Waals surface area contributed by atoms with Crippen LogP contribution in [0.2, 0.25) is 0 Å². The number of hydrogen-bond donors (Lipinski definition) is 2. The number of nitrogens with zero attached hydrogens (tertiary/aromatic N) is 2. The third-order valence-corrected chi connectivity index (χ3v) is 8.19. The highest BCUT2D eigenvalue weighted by atomic mass is 19.1. The van der Waals surface area contributed by atoms with Gasteiger partial charge in [0.15, 0.2) is 0 Å². The first kappa shape index (κ1) is 25.0. The minimum Gasteiger partial charge on any atom is -0.481 e. The van der Waals surface area contributed by atoms with Crippen molar-refractivity contribution in [1.82, 2.24) is 9.55 Å². The summed E-state index contributed by atoms with van der Waals surface area (Å²) in [6.07, 6.45) is 5.64. The Hall–Kier alpha value is -4.26. The number of anilines is 1. The van der Waals surface area contributed by atoms with Gasteiger partial charge in [0.1, 0.15) is 5.82 Å². The molecule has 0 amide bonds. The number of carboxylic acids is 1. The summed E-state index contributed by atoms with van der Waals surface area (Å²) >= 11 is 0. The second-order valence-electron chi connectivity index (χ2n) is 10.8. The summed E-state index contributed by atoms with van der Waals surface area (Å²) in [4.78, 5) is 27.8. The summed E-state index contributed by atoms with van der Waals surface area (Å²) in [6.45, 7) is 4.13. The lowest BCUT2D eigenvalue weighted by Crippen LogP contribution is -2.14. The minimum atomic E-state index is -0.774. The van der Waals surface area contributed by atoms with Gasteiger partial charge in [0.2, 0.25) is 0 Å². The molecule has 2 aromatic heterocycles. The average Bonchev–Trinajstić information content (AvgIpc) is 3.61. The molecule has 198 valence electrons. The number of benzene rings is 2. The third kappa shape index (κ3) is 4.52. The summed E-state index contributed by atoms with van der Waals surface area (Å²) in [5.74, 6) is -1.35. The number of rotatable bonds is 6. The molecule has 0 radical (unpaired) electrons. The Morgan fingerprint density at radius 3 is 2.49 bits per heavy atom. The van der Waals surface area contributed by atoms with Crippen LogP contribution in [-0.2, 0) is 18.3 Å². The molecule has 0 spiro atoms. The smallest absolute Gasteiger partial charge is 0.307 e. The van der Waals surface area contributed by atoms with Crippen LogP contribution in [0.15, 0.2) is 65.7 Å². The van der Waals surface area contributed by atoms with Crippen LogP contribution in [0, 0.1) is 25.6 Å². The topological polar surface area (TPSA) is 84.2 Å². The van der Waals surface area contributed by atoms with E-state index in [1.165, 1.54) is 0 Å². The molecule has 0 unspecified atom stereocenters. The Balaban J connectivity index is 1.29. The molecule has 0 saturated heterocycles. The fourth-order valence-electron chi connectivity index (χ4n) is 6.08. The van der Waals surface area contributed by atoms with Gasteiger partial charge in [-0.3, -0.25) is 14.6 Å². The van der Waals surface area contributed by atoms with Crippen molar-refractivity contribution in [3.05, 3.63) is 105 Å². The van der Waals surface area contributed by atoms with Gasteiger partial charge in [-0.05, 0) is 96.3 Å². The summed E-state index contributed by atoms with van der Waals surface area (Å²) in [5, 5.41) is 12.6. The highest BCUT2D eigenvalue weighted by Gasteiger charge is 2.45. The first-order valence-electron chi connectivity index (χ1n) is 13.3. The van der Waals surface area contributed by atoms with Gasteiger partial charge in [-0.1, -0.05) is 18.2 Å². The van der Waals surface area contributed by atoms with E-state index in [2.05, 4.69) is 36.3 Å². The van der Waals surface area contributed by atoms with Gasteiger partial charge in [-0.15, -0.1) is 0 Å². The van der Waals surface area contributed by atoms with Crippen molar-refractivity contribution in [1.29, 1.82) is 0 Å². The molecule has 0 aliphatic heterocycles. The zero-order valence-electron chi connectivity index (χ0n) is 22.2. The van der Waals surface area contributed by atoms with E-state index in [9.17, 15) is 14.7 Å². The number of hydrogen-bond acceptors (Lipinski definition) is 4. The highest BCUT2D eigenvalue weighted by Crippen LogP contribution is 2.47. The Morgan fingerprint density at radius 2 is 1.85 bits per heavy atom. The van der Waals surface area contributed by atoms with Gasteiger partial charge in [0.05, 0.1) is 23.8 Å². The molecule has 39 heavy (non-hydrogen) atoms. The molecular formula is C32H30FN3O3. The molecule has 1 fully saturated rings. The predicted molar refractivity (Wildman–Crippen MR) is 149 cm³/mol. The summed E-state index contributed by atoms with van der Waals surface area (Å²) in [6, 6.07) is 14.8. The lowest BCUT2D eigenvalue weighted by atomic mass is 9.88. The van der Waals surface area contributed by atoms with E-state index in [1.54, 1.807) is 36.1 Å². The Kier molecular flexibility index (Phi) is 6.09. The van der Waals surface area contributed by atoms with Crippen LogP contribution in [0.3, 0.4) is 0 Å². The van der Waals surface area contributed by atoms with E-state index < -0.39 is 5.97 Å². The maximum Gasteiger partial charge on any atom is 0.307 e. The summed E-state index contributed by atoms with van der Waals surface area (Å²) < 4.78 is 16.8. The molecule has 6 nitrogen and oxygen atoms in total. The van der Waals surface area contributed by atoms with Crippen LogP contribution >= 0.6 is 0 Å². The van der Waals surface area contributed by atoms with E-state index >= 15 is 4.39 Å². The van der Waals surface area contributed by atoms with E-state index in [4.69, 9.17) is 0 Å². The molecule has 1 saturated carbocycles. The predicted octanol–water partition coefficient (Wildman–Crippen LogP) is 6.16.